The standard InChI is InChI=1S/C18H22FN3O3S2/c1-3-4-11-20-18(26)21-14-7-10-17(25-2)16(12-14)22-27(23,24)15-8-5-13(19)6-9-15/h5-10,12,22H,3-4,11H2,1-2H3,(H2,20,21,26). The second-order valence-corrected chi connectivity index (χ2v) is 7.80. The third kappa shape index (κ3) is 6.07. The Kier molecular flexibility index (Phi) is 7.37. The second-order valence-electron chi connectivity index (χ2n) is 5.71. The Labute approximate surface area is 164 Å². The molecule has 0 fully saturated rings. The van der Waals surface area contributed by atoms with Crippen LogP contribution in [-0.4, -0.2) is 27.2 Å². The van der Waals surface area contributed by atoms with Crippen molar-refractivity contribution in [1.29, 1.82) is 0 Å². The molecule has 0 aromatic heterocycles. The number of ether oxygens (including phenoxy) is 1. The van der Waals surface area contributed by atoms with Crippen LogP contribution in [0.25, 0.3) is 0 Å². The van der Waals surface area contributed by atoms with E-state index >= 15 is 0 Å². The smallest absolute Gasteiger partial charge is 0.262 e. The van der Waals surface area contributed by atoms with Crippen LogP contribution in [0.4, 0.5) is 15.8 Å². The van der Waals surface area contributed by atoms with E-state index in [0.717, 1.165) is 31.5 Å². The van der Waals surface area contributed by atoms with E-state index in [0.29, 0.717) is 16.5 Å². The molecule has 0 heterocycles. The van der Waals surface area contributed by atoms with Gasteiger partial charge in [0.05, 0.1) is 17.7 Å². The number of nitrogens with one attached hydrogen (secondary N) is 3. The van der Waals surface area contributed by atoms with Gasteiger partial charge in [-0.1, -0.05) is 13.3 Å². The molecule has 0 unspecified atom stereocenters. The molecule has 0 radical (unpaired) electrons. The molecule has 0 atom stereocenters. The Bertz CT molecular complexity index is 887. The van der Waals surface area contributed by atoms with Crippen molar-refractivity contribution in [2.75, 3.05) is 23.7 Å². The first-order valence-corrected chi connectivity index (χ1v) is 10.3. The number of unbranched alkanes of at least 4 members (excludes halogenated alkanes) is 1. The lowest BCUT2D eigenvalue weighted by molar-refractivity contribution is 0.417. The molecule has 0 aliphatic carbocycles. The fraction of sp³-hybridized carbons (Fsp3) is 0.278. The molecule has 3 N–H and O–H groups in total. The Morgan fingerprint density at radius 3 is 2.52 bits per heavy atom. The molecule has 0 saturated carbocycles. The largest absolute Gasteiger partial charge is 0.495 e. The molecule has 0 aliphatic rings. The van der Waals surface area contributed by atoms with Crippen LogP contribution in [-0.2, 0) is 10.0 Å². The average molecular weight is 412 g/mol. The molecule has 9 heteroatoms. The summed E-state index contributed by atoms with van der Waals surface area (Å²) in [6, 6.07) is 9.49. The van der Waals surface area contributed by atoms with Crippen LogP contribution in [0.1, 0.15) is 19.8 Å². The van der Waals surface area contributed by atoms with Gasteiger partial charge in [0.1, 0.15) is 11.6 Å². The molecule has 0 aliphatic heterocycles. The Balaban J connectivity index is 2.19. The minimum Gasteiger partial charge on any atom is -0.495 e. The van der Waals surface area contributed by atoms with E-state index in [1.165, 1.54) is 19.2 Å². The summed E-state index contributed by atoms with van der Waals surface area (Å²) < 4.78 is 45.8. The number of rotatable bonds is 8. The fourth-order valence-electron chi connectivity index (χ4n) is 2.24. The summed E-state index contributed by atoms with van der Waals surface area (Å²) in [5, 5.41) is 6.53. The zero-order chi connectivity index (χ0) is 19.9. The number of anilines is 2. The van der Waals surface area contributed by atoms with Gasteiger partial charge >= 0.3 is 0 Å². The molecule has 2 rings (SSSR count). The third-order valence-electron chi connectivity index (χ3n) is 3.64. The topological polar surface area (TPSA) is 79.5 Å². The van der Waals surface area contributed by atoms with Crippen LogP contribution in [0.5, 0.6) is 5.75 Å². The van der Waals surface area contributed by atoms with Crippen molar-refractivity contribution in [3.05, 3.63) is 48.3 Å². The maximum atomic E-state index is 13.0. The predicted molar refractivity (Wildman–Crippen MR) is 109 cm³/mol. The summed E-state index contributed by atoms with van der Waals surface area (Å²) in [6.07, 6.45) is 2.04. The van der Waals surface area contributed by atoms with Crippen molar-refractivity contribution >= 4 is 38.7 Å². The van der Waals surface area contributed by atoms with E-state index in [-0.39, 0.29) is 10.6 Å². The van der Waals surface area contributed by atoms with Crippen molar-refractivity contribution in [3.8, 4) is 5.75 Å². The van der Waals surface area contributed by atoms with Crippen molar-refractivity contribution in [1.82, 2.24) is 5.32 Å². The molecular weight excluding hydrogens is 389 g/mol. The third-order valence-corrected chi connectivity index (χ3v) is 5.27. The molecule has 27 heavy (non-hydrogen) atoms. The van der Waals surface area contributed by atoms with E-state index in [4.69, 9.17) is 17.0 Å². The predicted octanol–water partition coefficient (Wildman–Crippen LogP) is 3.72. The van der Waals surface area contributed by atoms with Gasteiger partial charge in [-0.25, -0.2) is 12.8 Å². The van der Waals surface area contributed by atoms with Crippen molar-refractivity contribution in [2.24, 2.45) is 0 Å². The highest BCUT2D eigenvalue weighted by molar-refractivity contribution is 7.92. The quantitative estimate of drug-likeness (QED) is 0.454. The SMILES string of the molecule is CCCCNC(=S)Nc1ccc(OC)c(NS(=O)(=O)c2ccc(F)cc2)c1. The molecule has 0 saturated heterocycles. The number of hydrogen-bond acceptors (Lipinski definition) is 4. The highest BCUT2D eigenvalue weighted by atomic mass is 32.2. The van der Waals surface area contributed by atoms with Gasteiger partial charge in [-0.3, -0.25) is 4.72 Å². The van der Waals surface area contributed by atoms with Gasteiger partial charge < -0.3 is 15.4 Å². The highest BCUT2D eigenvalue weighted by Gasteiger charge is 2.17. The van der Waals surface area contributed by atoms with E-state index < -0.39 is 15.8 Å². The first-order chi connectivity index (χ1) is 12.9. The normalized spacial score (nSPS) is 10.9. The van der Waals surface area contributed by atoms with Gasteiger partial charge in [-0.15, -0.1) is 0 Å². The van der Waals surface area contributed by atoms with E-state index in [9.17, 15) is 12.8 Å². The van der Waals surface area contributed by atoms with Crippen molar-refractivity contribution in [2.45, 2.75) is 24.7 Å². The summed E-state index contributed by atoms with van der Waals surface area (Å²) in [7, 11) is -2.46. The van der Waals surface area contributed by atoms with Crippen LogP contribution in [0, 0.1) is 5.82 Å². The lowest BCUT2D eigenvalue weighted by atomic mass is 10.2. The molecule has 2 aromatic rings. The molecule has 2 aromatic carbocycles. The summed E-state index contributed by atoms with van der Waals surface area (Å²) >= 11 is 5.22. The first kappa shape index (κ1) is 20.9. The zero-order valence-electron chi connectivity index (χ0n) is 15.1. The number of benzene rings is 2. The summed E-state index contributed by atoms with van der Waals surface area (Å²) in [4.78, 5) is -0.0546. The monoisotopic (exact) mass is 411 g/mol. The lowest BCUT2D eigenvalue weighted by Crippen LogP contribution is -2.29. The lowest BCUT2D eigenvalue weighted by Gasteiger charge is -2.15. The molecule has 146 valence electrons. The highest BCUT2D eigenvalue weighted by Crippen LogP contribution is 2.30. The number of hydrogen-bond donors (Lipinski definition) is 3. The van der Waals surface area contributed by atoms with Crippen LogP contribution >= 0.6 is 12.2 Å². The van der Waals surface area contributed by atoms with E-state index in [1.54, 1.807) is 18.2 Å². The van der Waals surface area contributed by atoms with Crippen LogP contribution in [0.3, 0.4) is 0 Å². The fourth-order valence-corrected chi connectivity index (χ4v) is 3.52. The molecule has 0 amide bonds. The van der Waals surface area contributed by atoms with Gasteiger partial charge in [0, 0.05) is 12.2 Å². The number of sulfonamides is 1. The maximum Gasteiger partial charge on any atom is 0.262 e. The first-order valence-electron chi connectivity index (χ1n) is 8.37. The number of methoxy groups -OCH3 is 1. The Morgan fingerprint density at radius 1 is 1.19 bits per heavy atom. The van der Waals surface area contributed by atoms with Crippen LogP contribution in [0.15, 0.2) is 47.4 Å². The van der Waals surface area contributed by atoms with Crippen LogP contribution in [0.2, 0.25) is 0 Å². The van der Waals surface area contributed by atoms with Crippen molar-refractivity contribution in [3.63, 3.8) is 0 Å². The van der Waals surface area contributed by atoms with E-state index in [1.807, 2.05) is 0 Å². The Hall–Kier alpha value is -2.39. The van der Waals surface area contributed by atoms with Gasteiger partial charge in [-0.05, 0) is 61.1 Å². The minimum absolute atomic E-state index is 0.0546. The van der Waals surface area contributed by atoms with Gasteiger partial charge in [0.25, 0.3) is 10.0 Å². The molecular formula is C18H22FN3O3S2. The summed E-state index contributed by atoms with van der Waals surface area (Å²) in [6.45, 7) is 2.84. The Morgan fingerprint density at radius 2 is 1.89 bits per heavy atom. The molecule has 0 spiro atoms. The molecule has 0 bridgehead atoms. The van der Waals surface area contributed by atoms with Gasteiger partial charge in [-0.2, -0.15) is 0 Å². The summed E-state index contributed by atoms with van der Waals surface area (Å²) in [5.74, 6) is -0.169. The van der Waals surface area contributed by atoms with Gasteiger partial charge in [0.2, 0.25) is 0 Å². The molecule has 6 nitrogen and oxygen atoms in total. The number of halogens is 1. The number of thiocarbonyl (C=S) groups is 1. The van der Waals surface area contributed by atoms with Gasteiger partial charge in [0.15, 0.2) is 5.11 Å². The van der Waals surface area contributed by atoms with Crippen molar-refractivity contribution < 1.29 is 17.5 Å². The van der Waals surface area contributed by atoms with E-state index in [2.05, 4.69) is 22.3 Å². The minimum atomic E-state index is -3.90. The maximum absolute atomic E-state index is 13.0. The summed E-state index contributed by atoms with van der Waals surface area (Å²) in [5.41, 5.74) is 0.838. The zero-order valence-corrected chi connectivity index (χ0v) is 16.7. The average Bonchev–Trinajstić information content (AvgIpc) is 2.62. The second kappa shape index (κ2) is 9.52. The van der Waals surface area contributed by atoms with Crippen LogP contribution < -0.4 is 20.1 Å².